The lowest BCUT2D eigenvalue weighted by molar-refractivity contribution is 0.188. The lowest BCUT2D eigenvalue weighted by atomic mass is 10.0. The van der Waals surface area contributed by atoms with E-state index in [1.807, 2.05) is 35.0 Å². The molecule has 8 nitrogen and oxygen atoms in total. The van der Waals surface area contributed by atoms with Crippen molar-refractivity contribution in [2.75, 3.05) is 45.3 Å². The lowest BCUT2D eigenvalue weighted by Crippen LogP contribution is -2.49. The Bertz CT molecular complexity index is 1040. The molecule has 0 saturated carbocycles. The molecule has 32 heavy (non-hydrogen) atoms. The summed E-state index contributed by atoms with van der Waals surface area (Å²) in [6.45, 7) is 9.82. The van der Waals surface area contributed by atoms with Crippen molar-refractivity contribution in [3.05, 3.63) is 59.9 Å². The number of aromatic nitrogens is 4. The molecule has 1 unspecified atom stereocenters. The molecule has 170 valence electrons. The number of piperazine rings is 1. The standard InChI is InChI=1S/C24H32N6O2/c1-24(2,3)30-23(25-26-27-30)22(18-10-6-8-12-20(18)31-4)29-16-14-28(15-17-29)19-11-7-9-13-21(19)32-5/h6-13,22H,14-17H2,1-5H3. The normalized spacial score (nSPS) is 16.1. The summed E-state index contributed by atoms with van der Waals surface area (Å²) < 4.78 is 13.2. The van der Waals surface area contributed by atoms with Crippen LogP contribution in [0.3, 0.4) is 0 Å². The smallest absolute Gasteiger partial charge is 0.173 e. The highest BCUT2D eigenvalue weighted by atomic mass is 16.5. The van der Waals surface area contributed by atoms with Crippen LogP contribution in [0.2, 0.25) is 0 Å². The Morgan fingerprint density at radius 1 is 0.844 bits per heavy atom. The Morgan fingerprint density at radius 2 is 1.47 bits per heavy atom. The second-order valence-corrected chi connectivity index (χ2v) is 8.96. The fourth-order valence-corrected chi connectivity index (χ4v) is 4.35. The van der Waals surface area contributed by atoms with E-state index < -0.39 is 0 Å². The topological polar surface area (TPSA) is 68.5 Å². The van der Waals surface area contributed by atoms with Crippen LogP contribution in [0.15, 0.2) is 48.5 Å². The summed E-state index contributed by atoms with van der Waals surface area (Å²) in [6, 6.07) is 16.2. The van der Waals surface area contributed by atoms with Gasteiger partial charge in [-0.2, -0.15) is 0 Å². The number of methoxy groups -OCH3 is 2. The molecule has 0 radical (unpaired) electrons. The number of para-hydroxylation sites is 3. The zero-order chi connectivity index (χ0) is 22.7. The Kier molecular flexibility index (Phi) is 6.32. The summed E-state index contributed by atoms with van der Waals surface area (Å²) in [7, 11) is 3.43. The van der Waals surface area contributed by atoms with Crippen LogP contribution in [0, 0.1) is 0 Å². The van der Waals surface area contributed by atoms with Crippen LogP contribution in [0.4, 0.5) is 5.69 Å². The van der Waals surface area contributed by atoms with Gasteiger partial charge in [0.15, 0.2) is 5.82 Å². The van der Waals surface area contributed by atoms with Gasteiger partial charge in [0.2, 0.25) is 0 Å². The first-order chi connectivity index (χ1) is 15.4. The van der Waals surface area contributed by atoms with Gasteiger partial charge in [-0.25, -0.2) is 4.68 Å². The highest BCUT2D eigenvalue weighted by Crippen LogP contribution is 2.36. The van der Waals surface area contributed by atoms with Crippen LogP contribution in [-0.2, 0) is 5.54 Å². The van der Waals surface area contributed by atoms with Gasteiger partial charge < -0.3 is 14.4 Å². The summed E-state index contributed by atoms with van der Waals surface area (Å²) in [4.78, 5) is 4.82. The Hall–Kier alpha value is -3.13. The number of hydrogen-bond acceptors (Lipinski definition) is 7. The molecule has 1 saturated heterocycles. The van der Waals surface area contributed by atoms with Crippen LogP contribution in [0.25, 0.3) is 0 Å². The van der Waals surface area contributed by atoms with E-state index in [-0.39, 0.29) is 11.6 Å². The molecule has 2 aromatic carbocycles. The van der Waals surface area contributed by atoms with Crippen molar-refractivity contribution in [2.24, 2.45) is 0 Å². The van der Waals surface area contributed by atoms with Crippen molar-refractivity contribution < 1.29 is 9.47 Å². The molecule has 4 rings (SSSR count). The molecule has 1 atom stereocenters. The molecule has 8 heteroatoms. The van der Waals surface area contributed by atoms with E-state index >= 15 is 0 Å². The minimum atomic E-state index is -0.238. The van der Waals surface area contributed by atoms with Gasteiger partial charge in [0.05, 0.1) is 25.4 Å². The third kappa shape index (κ3) is 4.27. The van der Waals surface area contributed by atoms with Crippen LogP contribution >= 0.6 is 0 Å². The maximum Gasteiger partial charge on any atom is 0.173 e. The first kappa shape index (κ1) is 22.1. The lowest BCUT2D eigenvalue weighted by Gasteiger charge is -2.40. The number of hydrogen-bond donors (Lipinski definition) is 0. The third-order valence-corrected chi connectivity index (χ3v) is 5.91. The minimum absolute atomic E-state index is 0.111. The maximum absolute atomic E-state index is 5.73. The molecule has 2 heterocycles. The number of benzene rings is 2. The van der Waals surface area contributed by atoms with Crippen molar-refractivity contribution in [3.8, 4) is 11.5 Å². The van der Waals surface area contributed by atoms with E-state index in [1.165, 1.54) is 0 Å². The van der Waals surface area contributed by atoms with Crippen LogP contribution in [0.1, 0.15) is 38.2 Å². The summed E-state index contributed by atoms with van der Waals surface area (Å²) >= 11 is 0. The summed E-state index contributed by atoms with van der Waals surface area (Å²) in [5.41, 5.74) is 1.96. The van der Waals surface area contributed by atoms with E-state index in [9.17, 15) is 0 Å². The van der Waals surface area contributed by atoms with E-state index in [0.29, 0.717) is 0 Å². The van der Waals surface area contributed by atoms with Crippen LogP contribution < -0.4 is 14.4 Å². The molecule has 1 aliphatic heterocycles. The van der Waals surface area contributed by atoms with Crippen molar-refractivity contribution in [3.63, 3.8) is 0 Å². The second kappa shape index (κ2) is 9.16. The number of ether oxygens (including phenoxy) is 2. The van der Waals surface area contributed by atoms with E-state index in [4.69, 9.17) is 9.47 Å². The molecule has 0 N–H and O–H groups in total. The number of anilines is 1. The first-order valence-corrected chi connectivity index (χ1v) is 11.0. The van der Waals surface area contributed by atoms with Crippen LogP contribution in [0.5, 0.6) is 11.5 Å². The Labute approximate surface area is 189 Å². The van der Waals surface area contributed by atoms with Crippen molar-refractivity contribution in [1.82, 2.24) is 25.1 Å². The van der Waals surface area contributed by atoms with Crippen molar-refractivity contribution >= 4 is 5.69 Å². The maximum atomic E-state index is 5.73. The predicted octanol–water partition coefficient (Wildman–Crippen LogP) is 3.36. The number of nitrogens with zero attached hydrogens (tertiary/aromatic N) is 6. The predicted molar refractivity (Wildman–Crippen MR) is 124 cm³/mol. The Morgan fingerprint density at radius 3 is 2.12 bits per heavy atom. The van der Waals surface area contributed by atoms with Gasteiger partial charge in [-0.3, -0.25) is 4.90 Å². The summed E-state index contributed by atoms with van der Waals surface area (Å²) in [5, 5.41) is 12.9. The number of rotatable bonds is 6. The van der Waals surface area contributed by atoms with Gasteiger partial charge in [0.25, 0.3) is 0 Å². The van der Waals surface area contributed by atoms with Gasteiger partial charge in [-0.1, -0.05) is 30.3 Å². The first-order valence-electron chi connectivity index (χ1n) is 11.0. The summed E-state index contributed by atoms with van der Waals surface area (Å²) in [5.74, 6) is 2.57. The SMILES string of the molecule is COc1ccccc1C(c1nnnn1C(C)(C)C)N1CCN(c2ccccc2OC)CC1. The molecule has 0 bridgehead atoms. The summed E-state index contributed by atoms with van der Waals surface area (Å²) in [6.07, 6.45) is 0. The van der Waals surface area contributed by atoms with Gasteiger partial charge in [0.1, 0.15) is 17.5 Å². The van der Waals surface area contributed by atoms with Gasteiger partial charge in [-0.05, 0) is 49.4 Å². The average Bonchev–Trinajstić information content (AvgIpc) is 3.30. The largest absolute Gasteiger partial charge is 0.496 e. The van der Waals surface area contributed by atoms with E-state index in [1.54, 1.807) is 14.2 Å². The van der Waals surface area contributed by atoms with Gasteiger partial charge in [0, 0.05) is 31.7 Å². The second-order valence-electron chi connectivity index (χ2n) is 8.96. The van der Waals surface area contributed by atoms with Crippen LogP contribution in [-0.4, -0.2) is 65.5 Å². The van der Waals surface area contributed by atoms with Gasteiger partial charge >= 0.3 is 0 Å². The van der Waals surface area contributed by atoms with Crippen molar-refractivity contribution in [2.45, 2.75) is 32.4 Å². The molecule has 3 aromatic rings. The molecule has 0 spiro atoms. The molecular formula is C24H32N6O2. The zero-order valence-electron chi connectivity index (χ0n) is 19.5. The highest BCUT2D eigenvalue weighted by Gasteiger charge is 2.35. The minimum Gasteiger partial charge on any atom is -0.496 e. The van der Waals surface area contributed by atoms with E-state index in [2.05, 4.69) is 64.3 Å². The molecule has 1 aromatic heterocycles. The highest BCUT2D eigenvalue weighted by molar-refractivity contribution is 5.58. The monoisotopic (exact) mass is 436 g/mol. The fraction of sp³-hybridized carbons (Fsp3) is 0.458. The Balaban J connectivity index is 1.67. The fourth-order valence-electron chi connectivity index (χ4n) is 4.35. The van der Waals surface area contributed by atoms with E-state index in [0.717, 1.165) is 54.8 Å². The zero-order valence-corrected chi connectivity index (χ0v) is 19.5. The molecule has 0 aliphatic carbocycles. The quantitative estimate of drug-likeness (QED) is 0.587. The molecule has 0 amide bonds. The third-order valence-electron chi connectivity index (χ3n) is 5.91. The van der Waals surface area contributed by atoms with Gasteiger partial charge in [-0.15, -0.1) is 5.10 Å². The van der Waals surface area contributed by atoms with Crippen molar-refractivity contribution in [1.29, 1.82) is 0 Å². The molecule has 1 aliphatic rings. The number of tetrazole rings is 1. The average molecular weight is 437 g/mol. The molecule has 1 fully saturated rings. The molecular weight excluding hydrogens is 404 g/mol.